The predicted octanol–water partition coefficient (Wildman–Crippen LogP) is 6.89. The van der Waals surface area contributed by atoms with E-state index in [2.05, 4.69) is 35.3 Å². The highest BCUT2D eigenvalue weighted by atomic mass is 35.5. The molecule has 3 atom stereocenters. The van der Waals surface area contributed by atoms with Crippen LogP contribution in [0.2, 0.25) is 5.02 Å². The van der Waals surface area contributed by atoms with Crippen molar-refractivity contribution >= 4 is 29.2 Å². The number of halogens is 1. The minimum Gasteiger partial charge on any atom is -0.353 e. The fraction of sp³-hybridized carbons (Fsp3) is 0.607. The van der Waals surface area contributed by atoms with E-state index in [1.807, 2.05) is 46.1 Å². The zero-order valence-corrected chi connectivity index (χ0v) is 23.8. The van der Waals surface area contributed by atoms with Crippen LogP contribution >= 0.6 is 23.4 Å². The summed E-state index contributed by atoms with van der Waals surface area (Å²) in [6.07, 6.45) is 6.87. The summed E-state index contributed by atoms with van der Waals surface area (Å²) in [7, 11) is 0. The molecule has 1 aliphatic heterocycles. The number of nitrogens with zero attached hydrogens (tertiary/aromatic N) is 4. The third kappa shape index (κ3) is 7.59. The van der Waals surface area contributed by atoms with E-state index in [1.165, 1.54) is 16.8 Å². The number of benzene rings is 1. The zero-order valence-electron chi connectivity index (χ0n) is 22.3. The Labute approximate surface area is 222 Å². The van der Waals surface area contributed by atoms with Crippen molar-refractivity contribution in [2.75, 3.05) is 30.8 Å². The Morgan fingerprint density at radius 1 is 1.20 bits per heavy atom. The standard InChI is InChI=1S/C24H30ClN5S.2C2H6/c1-16-17(7-8-18-5-3-4-6-21(18)25)9-10-20-22(16)28-24(31-2)29-23(20)30-14-13-27-19(15-30)11-12-26;2*1-2/h3-6,16-17,19,27H,7-11,13-15H2,1-2H3;2*1-2H3. The van der Waals surface area contributed by atoms with Gasteiger partial charge < -0.3 is 10.2 Å². The van der Waals surface area contributed by atoms with Crippen molar-refractivity contribution in [3.05, 3.63) is 46.1 Å². The molecule has 1 aliphatic carbocycles. The maximum absolute atomic E-state index is 9.12. The third-order valence-corrected chi connectivity index (χ3v) is 7.63. The van der Waals surface area contributed by atoms with Crippen LogP contribution in [-0.2, 0) is 12.8 Å². The maximum atomic E-state index is 9.12. The lowest BCUT2D eigenvalue weighted by Crippen LogP contribution is -2.51. The molecule has 1 N–H and O–H groups in total. The number of hydrogen-bond acceptors (Lipinski definition) is 6. The molecule has 35 heavy (non-hydrogen) atoms. The molecule has 1 aromatic carbocycles. The second kappa shape index (κ2) is 15.3. The molecule has 5 nitrogen and oxygen atoms in total. The summed E-state index contributed by atoms with van der Waals surface area (Å²) in [6.45, 7) is 13.0. The third-order valence-electron chi connectivity index (χ3n) is 6.72. The van der Waals surface area contributed by atoms with Crippen molar-refractivity contribution in [2.24, 2.45) is 5.92 Å². The molecule has 0 amide bonds. The summed E-state index contributed by atoms with van der Waals surface area (Å²) in [5.74, 6) is 2.09. The van der Waals surface area contributed by atoms with E-state index < -0.39 is 0 Å². The molecule has 3 unspecified atom stereocenters. The second-order valence-electron chi connectivity index (χ2n) is 8.57. The fourth-order valence-corrected chi connectivity index (χ4v) is 5.54. The quantitative estimate of drug-likeness (QED) is 0.333. The van der Waals surface area contributed by atoms with Crippen LogP contribution in [0.15, 0.2) is 29.4 Å². The Morgan fingerprint density at radius 3 is 2.63 bits per heavy atom. The van der Waals surface area contributed by atoms with Gasteiger partial charge in [-0.3, -0.25) is 0 Å². The first-order valence-corrected chi connectivity index (χ1v) is 14.7. The SMILES string of the molecule is CC.CC.CSc1nc2c(c(N3CCNC(CC#N)C3)n1)CCC(CCc1ccccc1Cl)C2C. The lowest BCUT2D eigenvalue weighted by atomic mass is 9.76. The Bertz CT molecular complexity index is 961. The highest BCUT2D eigenvalue weighted by Gasteiger charge is 2.32. The van der Waals surface area contributed by atoms with Gasteiger partial charge in [-0.1, -0.05) is 76.2 Å². The van der Waals surface area contributed by atoms with Crippen molar-refractivity contribution in [1.29, 1.82) is 5.26 Å². The number of aryl methyl sites for hydroxylation is 1. The van der Waals surface area contributed by atoms with E-state index in [0.29, 0.717) is 18.3 Å². The van der Waals surface area contributed by atoms with Gasteiger partial charge in [0.1, 0.15) is 5.82 Å². The lowest BCUT2D eigenvalue weighted by molar-refractivity contribution is 0.355. The molecule has 2 aromatic rings. The summed E-state index contributed by atoms with van der Waals surface area (Å²) >= 11 is 8.00. The second-order valence-corrected chi connectivity index (χ2v) is 9.76. The fourth-order valence-electron chi connectivity index (χ4n) is 4.94. The summed E-state index contributed by atoms with van der Waals surface area (Å²) in [5, 5.41) is 14.3. The van der Waals surface area contributed by atoms with Gasteiger partial charge in [0.2, 0.25) is 0 Å². The van der Waals surface area contributed by atoms with E-state index in [0.717, 1.165) is 61.3 Å². The molecular weight excluding hydrogens is 474 g/mol. The molecule has 0 saturated carbocycles. The largest absolute Gasteiger partial charge is 0.353 e. The van der Waals surface area contributed by atoms with Crippen molar-refractivity contribution in [1.82, 2.24) is 15.3 Å². The molecule has 192 valence electrons. The molecule has 1 fully saturated rings. The summed E-state index contributed by atoms with van der Waals surface area (Å²) in [6, 6.07) is 10.7. The van der Waals surface area contributed by atoms with Gasteiger partial charge in [-0.25, -0.2) is 9.97 Å². The van der Waals surface area contributed by atoms with Gasteiger partial charge in [0, 0.05) is 42.2 Å². The van der Waals surface area contributed by atoms with Crippen LogP contribution in [0.4, 0.5) is 5.82 Å². The molecule has 7 heteroatoms. The molecule has 4 rings (SSSR count). The number of nitrogens with one attached hydrogen (secondary N) is 1. The van der Waals surface area contributed by atoms with Crippen molar-refractivity contribution < 1.29 is 0 Å². The van der Waals surface area contributed by atoms with E-state index in [-0.39, 0.29) is 6.04 Å². The van der Waals surface area contributed by atoms with Crippen LogP contribution in [0.25, 0.3) is 0 Å². The number of anilines is 1. The van der Waals surface area contributed by atoms with Gasteiger partial charge in [-0.2, -0.15) is 5.26 Å². The Balaban J connectivity index is 0.00000103. The average molecular weight is 516 g/mol. The molecule has 0 spiro atoms. The van der Waals surface area contributed by atoms with Gasteiger partial charge >= 0.3 is 0 Å². The number of rotatable bonds is 6. The monoisotopic (exact) mass is 515 g/mol. The normalized spacial score (nSPS) is 21.0. The van der Waals surface area contributed by atoms with Crippen LogP contribution in [0.1, 0.15) is 76.6 Å². The van der Waals surface area contributed by atoms with Crippen LogP contribution in [-0.4, -0.2) is 41.9 Å². The molecule has 0 bridgehead atoms. The van der Waals surface area contributed by atoms with Gasteiger partial charge in [0.25, 0.3) is 0 Å². The highest BCUT2D eigenvalue weighted by Crippen LogP contribution is 2.41. The minimum absolute atomic E-state index is 0.200. The smallest absolute Gasteiger partial charge is 0.189 e. The van der Waals surface area contributed by atoms with Crippen LogP contribution < -0.4 is 10.2 Å². The van der Waals surface area contributed by atoms with Crippen LogP contribution in [0.3, 0.4) is 0 Å². The molecule has 1 saturated heterocycles. The summed E-state index contributed by atoms with van der Waals surface area (Å²) in [5.41, 5.74) is 3.77. The minimum atomic E-state index is 0.200. The van der Waals surface area contributed by atoms with Gasteiger partial charge in [0.05, 0.1) is 18.2 Å². The van der Waals surface area contributed by atoms with E-state index in [1.54, 1.807) is 11.8 Å². The first kappa shape index (κ1) is 29.4. The predicted molar refractivity (Wildman–Crippen MR) is 151 cm³/mol. The number of thioether (sulfide) groups is 1. The average Bonchev–Trinajstić information content (AvgIpc) is 2.91. The molecule has 2 aliphatic rings. The first-order valence-electron chi connectivity index (χ1n) is 13.1. The van der Waals surface area contributed by atoms with Crippen LogP contribution in [0.5, 0.6) is 0 Å². The number of piperazine rings is 1. The van der Waals surface area contributed by atoms with Crippen LogP contribution in [0, 0.1) is 17.2 Å². The molecule has 1 aromatic heterocycles. The molecule has 0 radical (unpaired) electrons. The maximum Gasteiger partial charge on any atom is 0.189 e. The lowest BCUT2D eigenvalue weighted by Gasteiger charge is -2.38. The number of hydrogen-bond donors (Lipinski definition) is 1. The topological polar surface area (TPSA) is 64.8 Å². The van der Waals surface area contributed by atoms with Crippen molar-refractivity contribution in [3.63, 3.8) is 0 Å². The van der Waals surface area contributed by atoms with E-state index >= 15 is 0 Å². The Kier molecular flexibility index (Phi) is 12.9. The van der Waals surface area contributed by atoms with Gasteiger partial charge in [-0.05, 0) is 49.5 Å². The molecule has 2 heterocycles. The van der Waals surface area contributed by atoms with Crippen molar-refractivity contribution in [3.8, 4) is 6.07 Å². The first-order chi connectivity index (χ1) is 17.1. The number of aromatic nitrogens is 2. The summed E-state index contributed by atoms with van der Waals surface area (Å²) in [4.78, 5) is 12.3. The van der Waals surface area contributed by atoms with Crippen molar-refractivity contribution in [2.45, 2.75) is 83.8 Å². The number of fused-ring (bicyclic) bond motifs is 1. The zero-order chi connectivity index (χ0) is 25.8. The van der Waals surface area contributed by atoms with Gasteiger partial charge in [-0.15, -0.1) is 0 Å². The Hall–Kier alpha value is -1.81. The Morgan fingerprint density at radius 2 is 1.94 bits per heavy atom. The number of nitriles is 1. The van der Waals surface area contributed by atoms with E-state index in [4.69, 9.17) is 26.8 Å². The van der Waals surface area contributed by atoms with Gasteiger partial charge in [0.15, 0.2) is 5.16 Å². The highest BCUT2D eigenvalue weighted by molar-refractivity contribution is 7.98. The van der Waals surface area contributed by atoms with E-state index in [9.17, 15) is 0 Å². The summed E-state index contributed by atoms with van der Waals surface area (Å²) < 4.78 is 0. The molecular formula is C28H42ClN5S.